The Morgan fingerprint density at radius 2 is 2.00 bits per heavy atom. The van der Waals surface area contributed by atoms with Crippen molar-refractivity contribution in [1.82, 2.24) is 15.6 Å². The molecule has 2 aromatic rings. The van der Waals surface area contributed by atoms with Crippen molar-refractivity contribution in [3.8, 4) is 0 Å². The van der Waals surface area contributed by atoms with Crippen LogP contribution in [-0.4, -0.2) is 51.2 Å². The number of hydrogen-bond acceptors (Lipinski definition) is 6. The second-order valence-corrected chi connectivity index (χ2v) is 8.25. The van der Waals surface area contributed by atoms with E-state index in [4.69, 9.17) is 4.74 Å². The molecule has 7 nitrogen and oxygen atoms in total. The number of guanidine groups is 1. The molecule has 0 aliphatic carbocycles. The summed E-state index contributed by atoms with van der Waals surface area (Å²) in [6, 6.07) is 8.57. The maximum absolute atomic E-state index is 12.0. The van der Waals surface area contributed by atoms with Gasteiger partial charge < -0.3 is 20.3 Å². The topological polar surface area (TPSA) is 78.8 Å². The number of ether oxygens (including phenoxy) is 1. The van der Waals surface area contributed by atoms with Crippen LogP contribution in [0.3, 0.4) is 0 Å². The van der Waals surface area contributed by atoms with E-state index in [1.165, 1.54) is 22.6 Å². The van der Waals surface area contributed by atoms with Crippen LogP contribution in [0.4, 0.5) is 5.69 Å². The van der Waals surface area contributed by atoms with Gasteiger partial charge in [-0.1, -0.05) is 12.1 Å². The van der Waals surface area contributed by atoms with E-state index in [-0.39, 0.29) is 12.0 Å². The minimum absolute atomic E-state index is 0.0679. The Morgan fingerprint density at radius 3 is 2.60 bits per heavy atom. The fourth-order valence-electron chi connectivity index (χ4n) is 2.91. The highest BCUT2D eigenvalue weighted by atomic mass is 32.1. The number of aliphatic imine (C=N–C) groups is 1. The average molecular weight is 432 g/mol. The first-order valence-electron chi connectivity index (χ1n) is 10.2. The van der Waals surface area contributed by atoms with Gasteiger partial charge in [-0.25, -0.2) is 9.78 Å². The van der Waals surface area contributed by atoms with Gasteiger partial charge in [-0.2, -0.15) is 0 Å². The number of carbonyl (C=O) groups is 1. The Hall–Kier alpha value is -2.61. The molecule has 2 N–H and O–H groups in total. The summed E-state index contributed by atoms with van der Waals surface area (Å²) >= 11 is 1.36. The van der Waals surface area contributed by atoms with Crippen LogP contribution >= 0.6 is 11.3 Å². The lowest BCUT2D eigenvalue weighted by molar-refractivity contribution is 0.0531. The van der Waals surface area contributed by atoms with Gasteiger partial charge in [0.15, 0.2) is 5.96 Å². The molecule has 0 saturated heterocycles. The Morgan fingerprint density at radius 1 is 1.30 bits per heavy atom. The third-order valence-electron chi connectivity index (χ3n) is 4.61. The lowest BCUT2D eigenvalue weighted by atomic mass is 10.1. The van der Waals surface area contributed by atoms with Crippen molar-refractivity contribution < 1.29 is 9.53 Å². The van der Waals surface area contributed by atoms with Crippen LogP contribution in [0.5, 0.6) is 0 Å². The van der Waals surface area contributed by atoms with Gasteiger partial charge in [0.25, 0.3) is 0 Å². The zero-order valence-corrected chi connectivity index (χ0v) is 19.6. The Kier molecular flexibility index (Phi) is 9.11. The number of thiazole rings is 1. The number of esters is 1. The van der Waals surface area contributed by atoms with Crippen molar-refractivity contribution in [3.63, 3.8) is 0 Å². The van der Waals surface area contributed by atoms with E-state index in [1.807, 2.05) is 27.9 Å². The minimum Gasteiger partial charge on any atom is -0.462 e. The van der Waals surface area contributed by atoms with E-state index in [2.05, 4.69) is 49.8 Å². The van der Waals surface area contributed by atoms with E-state index in [0.29, 0.717) is 17.2 Å². The van der Waals surface area contributed by atoms with Crippen LogP contribution < -0.4 is 15.5 Å². The molecule has 0 aliphatic rings. The van der Waals surface area contributed by atoms with E-state index < -0.39 is 0 Å². The Balaban J connectivity index is 1.82. The van der Waals surface area contributed by atoms with Crippen molar-refractivity contribution in [3.05, 3.63) is 45.4 Å². The highest BCUT2D eigenvalue weighted by Crippen LogP contribution is 2.24. The number of hydrogen-bond donors (Lipinski definition) is 2. The molecule has 0 amide bonds. The number of benzene rings is 1. The standard InChI is InChI=1S/C22H33N5O2S/c1-7-29-21(28)19-15(2)25-20(30-19)16(3)26-22(23-4)24-14-8-9-17-10-12-18(13-11-17)27(5)6/h10-13,16H,7-9,14H2,1-6H3,(H2,23,24,26). The van der Waals surface area contributed by atoms with Gasteiger partial charge in [0.1, 0.15) is 9.88 Å². The van der Waals surface area contributed by atoms with Crippen molar-refractivity contribution in [2.75, 3.05) is 39.2 Å². The van der Waals surface area contributed by atoms with Gasteiger partial charge in [-0.15, -0.1) is 11.3 Å². The lowest BCUT2D eigenvalue weighted by Crippen LogP contribution is -2.39. The lowest BCUT2D eigenvalue weighted by Gasteiger charge is -2.16. The molecule has 0 spiro atoms. The molecule has 0 radical (unpaired) electrons. The highest BCUT2D eigenvalue weighted by molar-refractivity contribution is 7.13. The predicted molar refractivity (Wildman–Crippen MR) is 125 cm³/mol. The van der Waals surface area contributed by atoms with Crippen LogP contribution in [0.15, 0.2) is 29.3 Å². The smallest absolute Gasteiger partial charge is 0.350 e. The summed E-state index contributed by atoms with van der Waals surface area (Å²) in [5, 5.41) is 7.53. The third-order valence-corrected chi connectivity index (χ3v) is 5.93. The van der Waals surface area contributed by atoms with Crippen LogP contribution in [0.2, 0.25) is 0 Å². The number of nitrogens with one attached hydrogen (secondary N) is 2. The first-order valence-corrected chi connectivity index (χ1v) is 11.0. The van der Waals surface area contributed by atoms with Crippen LogP contribution in [0.1, 0.15) is 52.2 Å². The first-order chi connectivity index (χ1) is 14.3. The molecule has 8 heteroatoms. The van der Waals surface area contributed by atoms with Gasteiger partial charge >= 0.3 is 5.97 Å². The zero-order valence-electron chi connectivity index (χ0n) is 18.8. The largest absolute Gasteiger partial charge is 0.462 e. The highest BCUT2D eigenvalue weighted by Gasteiger charge is 2.20. The SMILES string of the molecule is CCOC(=O)c1sc(C(C)NC(=NC)NCCCc2ccc(N(C)C)cc2)nc1C. The van der Waals surface area contributed by atoms with Crippen LogP contribution in [0, 0.1) is 6.92 Å². The van der Waals surface area contributed by atoms with Crippen molar-refractivity contribution in [2.24, 2.45) is 4.99 Å². The molecular weight excluding hydrogens is 398 g/mol. The summed E-state index contributed by atoms with van der Waals surface area (Å²) in [4.78, 5) is 23.5. The zero-order chi connectivity index (χ0) is 22.1. The summed E-state index contributed by atoms with van der Waals surface area (Å²) in [6.45, 7) is 6.81. The van der Waals surface area contributed by atoms with Crippen LogP contribution in [0.25, 0.3) is 0 Å². The van der Waals surface area contributed by atoms with Gasteiger partial charge in [-0.05, 0) is 51.3 Å². The van der Waals surface area contributed by atoms with Gasteiger partial charge in [-0.3, -0.25) is 4.99 Å². The molecular formula is C22H33N5O2S. The molecule has 1 heterocycles. The van der Waals surface area contributed by atoms with Gasteiger partial charge in [0.2, 0.25) is 0 Å². The molecule has 0 saturated carbocycles. The normalized spacial score (nSPS) is 12.4. The average Bonchev–Trinajstić information content (AvgIpc) is 3.12. The second kappa shape index (κ2) is 11.5. The van der Waals surface area contributed by atoms with E-state index in [1.54, 1.807) is 14.0 Å². The van der Waals surface area contributed by atoms with Crippen LogP contribution in [-0.2, 0) is 11.2 Å². The minimum atomic E-state index is -0.313. The van der Waals surface area contributed by atoms with E-state index in [9.17, 15) is 4.79 Å². The number of aryl methyl sites for hydroxylation is 2. The summed E-state index contributed by atoms with van der Waals surface area (Å²) in [5.41, 5.74) is 3.23. The summed E-state index contributed by atoms with van der Waals surface area (Å²) in [5.74, 6) is 0.406. The van der Waals surface area contributed by atoms with Crippen molar-refractivity contribution in [2.45, 2.75) is 39.7 Å². The van der Waals surface area contributed by atoms with Crippen molar-refractivity contribution in [1.29, 1.82) is 0 Å². The number of anilines is 1. The number of rotatable bonds is 9. The predicted octanol–water partition coefficient (Wildman–Crippen LogP) is 3.55. The molecule has 1 atom stereocenters. The molecule has 30 heavy (non-hydrogen) atoms. The molecule has 2 rings (SSSR count). The second-order valence-electron chi connectivity index (χ2n) is 7.22. The number of nitrogens with zero attached hydrogens (tertiary/aromatic N) is 3. The number of aromatic nitrogens is 1. The number of carbonyl (C=O) groups excluding carboxylic acids is 1. The third kappa shape index (κ3) is 6.73. The molecule has 1 aromatic heterocycles. The summed E-state index contributed by atoms with van der Waals surface area (Å²) < 4.78 is 5.10. The Labute approximate surface area is 183 Å². The maximum Gasteiger partial charge on any atom is 0.350 e. The van der Waals surface area contributed by atoms with Crippen molar-refractivity contribution >= 4 is 29.0 Å². The van der Waals surface area contributed by atoms with Gasteiger partial charge in [0, 0.05) is 33.4 Å². The molecule has 164 valence electrons. The fourth-order valence-corrected chi connectivity index (χ4v) is 3.87. The fraction of sp³-hybridized carbons (Fsp3) is 0.500. The summed E-state index contributed by atoms with van der Waals surface area (Å²) in [6.07, 6.45) is 2.00. The molecule has 1 unspecified atom stereocenters. The molecule has 0 aliphatic heterocycles. The maximum atomic E-state index is 12.0. The first kappa shape index (κ1) is 23.7. The monoisotopic (exact) mass is 431 g/mol. The van der Waals surface area contributed by atoms with E-state index >= 15 is 0 Å². The molecule has 1 aromatic carbocycles. The van der Waals surface area contributed by atoms with Gasteiger partial charge in [0.05, 0.1) is 18.3 Å². The molecule has 0 fully saturated rings. The van der Waals surface area contributed by atoms with E-state index in [0.717, 1.165) is 30.4 Å². The quantitative estimate of drug-likeness (QED) is 0.274. The molecule has 0 bridgehead atoms. The Bertz CT molecular complexity index is 846. The summed E-state index contributed by atoms with van der Waals surface area (Å²) in [7, 11) is 5.84.